The van der Waals surface area contributed by atoms with Gasteiger partial charge in [0, 0.05) is 45.3 Å². The van der Waals surface area contributed by atoms with Gasteiger partial charge < -0.3 is 14.5 Å². The number of pyridine rings is 1. The van der Waals surface area contributed by atoms with Crippen LogP contribution in [0, 0.1) is 11.8 Å². The molecule has 0 unspecified atom stereocenters. The number of aromatic amines is 1. The van der Waals surface area contributed by atoms with Crippen molar-refractivity contribution in [3.05, 3.63) is 58.4 Å². The monoisotopic (exact) mass is 390 g/mol. The summed E-state index contributed by atoms with van der Waals surface area (Å²) in [5.74, 6) is -0.123. The molecule has 2 aliphatic rings. The summed E-state index contributed by atoms with van der Waals surface area (Å²) in [5, 5.41) is 5.78. The van der Waals surface area contributed by atoms with Gasteiger partial charge >= 0.3 is 5.97 Å². The highest BCUT2D eigenvalue weighted by atomic mass is 16.5. The van der Waals surface area contributed by atoms with Crippen molar-refractivity contribution in [2.24, 2.45) is 17.0 Å². The Bertz CT molecular complexity index is 1240. The number of azide groups is 1. The van der Waals surface area contributed by atoms with Gasteiger partial charge in [0.1, 0.15) is 11.6 Å². The van der Waals surface area contributed by atoms with Crippen molar-refractivity contribution >= 4 is 33.5 Å². The van der Waals surface area contributed by atoms with E-state index in [1.165, 1.54) is 7.11 Å². The quantitative estimate of drug-likeness (QED) is 0.236. The van der Waals surface area contributed by atoms with E-state index in [0.29, 0.717) is 17.7 Å². The van der Waals surface area contributed by atoms with Crippen LogP contribution in [0.4, 0.5) is 5.69 Å². The highest BCUT2D eigenvalue weighted by molar-refractivity contribution is 6.12. The van der Waals surface area contributed by atoms with Crippen molar-refractivity contribution in [1.29, 1.82) is 0 Å². The van der Waals surface area contributed by atoms with Crippen molar-refractivity contribution in [2.45, 2.75) is 26.0 Å². The minimum Gasteiger partial charge on any atom is -0.497 e. The molecule has 5 rings (SSSR count). The highest BCUT2D eigenvalue weighted by Crippen LogP contribution is 2.39. The Morgan fingerprint density at radius 3 is 3.07 bits per heavy atom. The molecule has 1 aromatic carbocycles. The number of rotatable bonds is 2. The minimum atomic E-state index is -0.338. The number of H-pyrrole nitrogens is 1. The Kier molecular flexibility index (Phi) is 3.96. The standard InChI is InChI=1S/C21H19N5O3/c1-11-14-9-26-7-6-12-19-16(4-3-5-17(19)24-25-22)23-20(12)18(26)8-13(14)15(10-29-11)21(27)28-2/h3-7,10-11,13-14H,8-9H2,1-2H3/p+1/t11-,13-,14+/m0/s1. The lowest BCUT2D eigenvalue weighted by molar-refractivity contribution is -0.717. The smallest absolute Gasteiger partial charge is 0.337 e. The van der Waals surface area contributed by atoms with Gasteiger partial charge in [-0.15, -0.1) is 0 Å². The van der Waals surface area contributed by atoms with Crippen LogP contribution >= 0.6 is 0 Å². The molecule has 2 aromatic heterocycles. The first-order valence-corrected chi connectivity index (χ1v) is 9.57. The topological polar surface area (TPSA) is 104 Å². The maximum Gasteiger partial charge on any atom is 0.337 e. The van der Waals surface area contributed by atoms with E-state index >= 15 is 0 Å². The van der Waals surface area contributed by atoms with Crippen LogP contribution in [0.15, 0.2) is 47.4 Å². The van der Waals surface area contributed by atoms with E-state index in [-0.39, 0.29) is 23.9 Å². The average Bonchev–Trinajstić information content (AvgIpc) is 3.13. The fraction of sp³-hybridized carbons (Fsp3) is 0.333. The summed E-state index contributed by atoms with van der Waals surface area (Å²) in [7, 11) is 1.40. The molecule has 8 nitrogen and oxygen atoms in total. The average molecular weight is 390 g/mol. The van der Waals surface area contributed by atoms with E-state index < -0.39 is 0 Å². The van der Waals surface area contributed by atoms with Crippen LogP contribution in [0.5, 0.6) is 0 Å². The van der Waals surface area contributed by atoms with Crippen LogP contribution in [-0.2, 0) is 27.2 Å². The number of fused-ring (bicyclic) bond motifs is 6. The van der Waals surface area contributed by atoms with Gasteiger partial charge in [0.25, 0.3) is 0 Å². The van der Waals surface area contributed by atoms with E-state index in [4.69, 9.17) is 15.0 Å². The summed E-state index contributed by atoms with van der Waals surface area (Å²) < 4.78 is 13.0. The van der Waals surface area contributed by atoms with Crippen LogP contribution in [0.25, 0.3) is 32.2 Å². The molecule has 0 radical (unpaired) electrons. The Labute approximate surface area is 166 Å². The van der Waals surface area contributed by atoms with E-state index in [9.17, 15) is 4.79 Å². The fourth-order valence-electron chi connectivity index (χ4n) is 4.79. The van der Waals surface area contributed by atoms with Crippen molar-refractivity contribution in [3.63, 3.8) is 0 Å². The molecule has 0 aliphatic carbocycles. The molecule has 0 spiro atoms. The second-order valence-electron chi connectivity index (χ2n) is 7.60. The van der Waals surface area contributed by atoms with Crippen LogP contribution in [0.1, 0.15) is 12.6 Å². The van der Waals surface area contributed by atoms with Gasteiger partial charge in [-0.1, -0.05) is 17.2 Å². The summed E-state index contributed by atoms with van der Waals surface area (Å²) in [5.41, 5.74) is 13.2. The summed E-state index contributed by atoms with van der Waals surface area (Å²) >= 11 is 0. The fourth-order valence-corrected chi connectivity index (χ4v) is 4.79. The number of aromatic nitrogens is 2. The van der Waals surface area contributed by atoms with Gasteiger partial charge in [0.2, 0.25) is 5.69 Å². The van der Waals surface area contributed by atoms with Gasteiger partial charge in [0.15, 0.2) is 12.7 Å². The third-order valence-corrected chi connectivity index (χ3v) is 6.22. The SMILES string of the molecule is COC(=O)C1=CO[C@@H](C)[C@H]2C[n+]3ccc4c([nH]c5cccc(N=[N+]=[N-])c54)c3C[C@H]12. The molecule has 146 valence electrons. The lowest BCUT2D eigenvalue weighted by atomic mass is 9.76. The zero-order valence-corrected chi connectivity index (χ0v) is 16.1. The summed E-state index contributed by atoms with van der Waals surface area (Å²) in [6.45, 7) is 2.80. The number of carbonyl (C=O) groups excluding carboxylic acids is 1. The number of benzene rings is 1. The lowest BCUT2D eigenvalue weighted by Gasteiger charge is -2.36. The minimum absolute atomic E-state index is 0.0176. The first-order chi connectivity index (χ1) is 14.1. The maximum atomic E-state index is 12.3. The molecular weight excluding hydrogens is 370 g/mol. The summed E-state index contributed by atoms with van der Waals surface area (Å²) in [6.07, 6.45) is 4.35. The normalized spacial score (nSPS) is 22.8. The first-order valence-electron chi connectivity index (χ1n) is 9.57. The molecule has 3 aromatic rings. The van der Waals surface area contributed by atoms with E-state index in [2.05, 4.69) is 31.8 Å². The van der Waals surface area contributed by atoms with Crippen molar-refractivity contribution < 1.29 is 18.8 Å². The second kappa shape index (κ2) is 6.53. The van der Waals surface area contributed by atoms with E-state index in [0.717, 1.165) is 34.0 Å². The molecule has 3 atom stereocenters. The number of hydrogen-bond donors (Lipinski definition) is 1. The molecule has 2 aliphatic heterocycles. The van der Waals surface area contributed by atoms with Crippen LogP contribution in [0.3, 0.4) is 0 Å². The highest BCUT2D eigenvalue weighted by Gasteiger charge is 2.45. The van der Waals surface area contributed by atoms with Crippen LogP contribution < -0.4 is 4.57 Å². The Morgan fingerprint density at radius 1 is 1.41 bits per heavy atom. The van der Waals surface area contributed by atoms with Gasteiger partial charge in [-0.25, -0.2) is 9.36 Å². The van der Waals surface area contributed by atoms with Gasteiger partial charge in [-0.2, -0.15) is 0 Å². The Hall–Kier alpha value is -3.51. The largest absolute Gasteiger partial charge is 0.497 e. The second-order valence-corrected chi connectivity index (χ2v) is 7.60. The third-order valence-electron chi connectivity index (χ3n) is 6.22. The molecule has 29 heavy (non-hydrogen) atoms. The number of hydrogen-bond acceptors (Lipinski definition) is 4. The van der Waals surface area contributed by atoms with Crippen LogP contribution in [0.2, 0.25) is 0 Å². The summed E-state index contributed by atoms with van der Waals surface area (Å²) in [6, 6.07) is 7.72. The molecule has 0 bridgehead atoms. The molecule has 0 saturated heterocycles. The van der Waals surface area contributed by atoms with Crippen molar-refractivity contribution in [3.8, 4) is 0 Å². The predicted molar refractivity (Wildman–Crippen MR) is 106 cm³/mol. The number of carbonyl (C=O) groups is 1. The summed E-state index contributed by atoms with van der Waals surface area (Å²) in [4.78, 5) is 18.8. The van der Waals surface area contributed by atoms with Crippen LogP contribution in [-0.4, -0.2) is 24.2 Å². The molecule has 0 fully saturated rings. The number of esters is 1. The van der Waals surface area contributed by atoms with Gasteiger partial charge in [-0.3, -0.25) is 0 Å². The number of ether oxygens (including phenoxy) is 2. The van der Waals surface area contributed by atoms with Gasteiger partial charge in [0.05, 0.1) is 24.9 Å². The molecule has 4 heterocycles. The zero-order chi connectivity index (χ0) is 20.1. The molecular formula is C21H20N5O3+. The predicted octanol–water partition coefficient (Wildman–Crippen LogP) is 3.81. The Morgan fingerprint density at radius 2 is 2.28 bits per heavy atom. The van der Waals surface area contributed by atoms with Crippen molar-refractivity contribution in [1.82, 2.24) is 4.98 Å². The molecule has 0 amide bonds. The molecule has 0 saturated carbocycles. The molecule has 8 heteroatoms. The van der Waals surface area contributed by atoms with Crippen molar-refractivity contribution in [2.75, 3.05) is 7.11 Å². The number of nitrogens with one attached hydrogen (secondary N) is 1. The third kappa shape index (κ3) is 2.57. The Balaban J connectivity index is 1.70. The van der Waals surface area contributed by atoms with E-state index in [1.54, 1.807) is 6.26 Å². The van der Waals surface area contributed by atoms with Gasteiger partial charge in [-0.05, 0) is 18.5 Å². The maximum absolute atomic E-state index is 12.3. The first kappa shape index (κ1) is 17.6. The molecule has 1 N–H and O–H groups in total. The lowest BCUT2D eigenvalue weighted by Crippen LogP contribution is -2.53. The number of methoxy groups -OCH3 is 1. The zero-order valence-electron chi connectivity index (χ0n) is 16.1. The number of nitrogens with zero attached hydrogens (tertiary/aromatic N) is 4. The van der Waals surface area contributed by atoms with E-state index in [1.807, 2.05) is 25.1 Å².